The fraction of sp³-hybridized carbons (Fsp3) is 0.778. The number of aliphatic hydroxyl groups is 1. The van der Waals surface area contributed by atoms with Gasteiger partial charge in [-0.1, -0.05) is 0 Å². The average Bonchev–Trinajstić information content (AvgIpc) is 2.25. The lowest BCUT2D eigenvalue weighted by Gasteiger charge is -2.30. The molecule has 6 heteroatoms. The third-order valence-electron chi connectivity index (χ3n) is 2.37. The van der Waals surface area contributed by atoms with Gasteiger partial charge in [-0.25, -0.2) is 0 Å². The number of likely N-dealkylation sites (tertiary alicyclic amines) is 1. The van der Waals surface area contributed by atoms with Gasteiger partial charge in [0.25, 0.3) is 0 Å². The van der Waals surface area contributed by atoms with Gasteiger partial charge in [-0.2, -0.15) is 0 Å². The van der Waals surface area contributed by atoms with E-state index in [-0.39, 0.29) is 24.9 Å². The molecule has 0 radical (unpaired) electrons. The van der Waals surface area contributed by atoms with E-state index in [1.165, 1.54) is 0 Å². The van der Waals surface area contributed by atoms with Gasteiger partial charge >= 0.3 is 0 Å². The highest BCUT2D eigenvalue weighted by Gasteiger charge is 2.21. The molecule has 86 valence electrons. The summed E-state index contributed by atoms with van der Waals surface area (Å²) in [7, 11) is 0. The SMILES string of the molecule is NCC(=O)NCC(=O)N1CCC[C@H](O)C1. The first-order valence-corrected chi connectivity index (χ1v) is 5.06. The highest BCUT2D eigenvalue weighted by Crippen LogP contribution is 2.09. The highest BCUT2D eigenvalue weighted by molar-refractivity contribution is 5.85. The van der Waals surface area contributed by atoms with E-state index < -0.39 is 6.10 Å². The molecule has 0 bridgehead atoms. The number of carbonyl (C=O) groups is 2. The number of nitrogens with zero attached hydrogens (tertiary/aromatic N) is 1. The number of nitrogens with one attached hydrogen (secondary N) is 1. The Balaban J connectivity index is 2.30. The van der Waals surface area contributed by atoms with Crippen LogP contribution in [-0.2, 0) is 9.59 Å². The molecule has 15 heavy (non-hydrogen) atoms. The Bertz CT molecular complexity index is 245. The fourth-order valence-electron chi connectivity index (χ4n) is 1.54. The van der Waals surface area contributed by atoms with Gasteiger partial charge in [0.05, 0.1) is 19.2 Å². The van der Waals surface area contributed by atoms with Crippen LogP contribution >= 0.6 is 0 Å². The molecule has 1 aliphatic rings. The van der Waals surface area contributed by atoms with E-state index in [4.69, 9.17) is 5.73 Å². The van der Waals surface area contributed by atoms with E-state index >= 15 is 0 Å². The van der Waals surface area contributed by atoms with Gasteiger partial charge in [-0.05, 0) is 12.8 Å². The monoisotopic (exact) mass is 215 g/mol. The van der Waals surface area contributed by atoms with Crippen LogP contribution in [0.4, 0.5) is 0 Å². The quantitative estimate of drug-likeness (QED) is 0.509. The van der Waals surface area contributed by atoms with Gasteiger partial charge in [0.1, 0.15) is 0 Å². The molecule has 0 unspecified atom stereocenters. The van der Waals surface area contributed by atoms with E-state index in [1.807, 2.05) is 0 Å². The number of hydrogen-bond acceptors (Lipinski definition) is 4. The maximum atomic E-state index is 11.5. The molecule has 1 atom stereocenters. The molecule has 0 spiro atoms. The van der Waals surface area contributed by atoms with Gasteiger partial charge in [0.15, 0.2) is 0 Å². The van der Waals surface area contributed by atoms with E-state index in [0.29, 0.717) is 13.1 Å². The van der Waals surface area contributed by atoms with Crippen molar-refractivity contribution in [1.82, 2.24) is 10.2 Å². The van der Waals surface area contributed by atoms with Gasteiger partial charge in [-0.3, -0.25) is 9.59 Å². The molecule has 1 aliphatic heterocycles. The standard InChI is InChI=1S/C9H17N3O3/c10-4-8(14)11-5-9(15)12-3-1-2-7(13)6-12/h7,13H,1-6,10H2,(H,11,14)/t7-/m0/s1. The molecule has 1 saturated heterocycles. The minimum absolute atomic E-state index is 0.0389. The lowest BCUT2D eigenvalue weighted by molar-refractivity contribution is -0.135. The van der Waals surface area contributed by atoms with Crippen molar-refractivity contribution in [2.45, 2.75) is 18.9 Å². The molecule has 1 fully saturated rings. The number of carbonyl (C=O) groups excluding carboxylic acids is 2. The third-order valence-corrected chi connectivity index (χ3v) is 2.37. The van der Waals surface area contributed by atoms with Crippen LogP contribution in [0.3, 0.4) is 0 Å². The number of rotatable bonds is 3. The molecule has 2 amide bonds. The Morgan fingerprint density at radius 2 is 2.27 bits per heavy atom. The third kappa shape index (κ3) is 3.85. The van der Waals surface area contributed by atoms with Crippen molar-refractivity contribution in [2.24, 2.45) is 5.73 Å². The van der Waals surface area contributed by atoms with Crippen LogP contribution in [0.5, 0.6) is 0 Å². The molecule has 1 rings (SSSR count). The summed E-state index contributed by atoms with van der Waals surface area (Å²) in [5.41, 5.74) is 5.08. The summed E-state index contributed by atoms with van der Waals surface area (Å²) in [6.45, 7) is 0.852. The predicted molar refractivity (Wildman–Crippen MR) is 53.9 cm³/mol. The van der Waals surface area contributed by atoms with Crippen molar-refractivity contribution in [1.29, 1.82) is 0 Å². The van der Waals surface area contributed by atoms with Crippen LogP contribution in [-0.4, -0.2) is 54.1 Å². The molecular formula is C9H17N3O3. The van der Waals surface area contributed by atoms with Crippen LogP contribution in [0.1, 0.15) is 12.8 Å². The number of amides is 2. The Labute approximate surface area is 88.4 Å². The zero-order chi connectivity index (χ0) is 11.3. The van der Waals surface area contributed by atoms with Crippen LogP contribution in [0.25, 0.3) is 0 Å². The normalized spacial score (nSPS) is 21.2. The highest BCUT2D eigenvalue weighted by atomic mass is 16.3. The van der Waals surface area contributed by atoms with E-state index in [0.717, 1.165) is 12.8 Å². The Morgan fingerprint density at radius 3 is 2.87 bits per heavy atom. The van der Waals surface area contributed by atoms with Crippen LogP contribution in [0.15, 0.2) is 0 Å². The molecule has 0 aliphatic carbocycles. The Kier molecular flexibility index (Phi) is 4.51. The van der Waals surface area contributed by atoms with Crippen molar-refractivity contribution in [2.75, 3.05) is 26.2 Å². The van der Waals surface area contributed by atoms with E-state index in [1.54, 1.807) is 4.90 Å². The van der Waals surface area contributed by atoms with E-state index in [2.05, 4.69) is 5.32 Å². The van der Waals surface area contributed by atoms with E-state index in [9.17, 15) is 14.7 Å². The fourth-order valence-corrected chi connectivity index (χ4v) is 1.54. The van der Waals surface area contributed by atoms with Crippen molar-refractivity contribution in [3.63, 3.8) is 0 Å². The average molecular weight is 215 g/mol. The molecular weight excluding hydrogens is 198 g/mol. The maximum Gasteiger partial charge on any atom is 0.242 e. The second-order valence-electron chi connectivity index (χ2n) is 3.62. The van der Waals surface area contributed by atoms with Crippen molar-refractivity contribution in [3.8, 4) is 0 Å². The van der Waals surface area contributed by atoms with Crippen LogP contribution in [0.2, 0.25) is 0 Å². The van der Waals surface area contributed by atoms with Crippen molar-refractivity contribution >= 4 is 11.8 Å². The predicted octanol–water partition coefficient (Wildman–Crippen LogP) is -1.96. The van der Waals surface area contributed by atoms with Gasteiger partial charge in [-0.15, -0.1) is 0 Å². The first-order valence-electron chi connectivity index (χ1n) is 5.06. The summed E-state index contributed by atoms with van der Waals surface area (Å²) in [5.74, 6) is -0.517. The van der Waals surface area contributed by atoms with Gasteiger partial charge < -0.3 is 21.1 Å². The first kappa shape index (κ1) is 11.9. The minimum atomic E-state index is -0.437. The lowest BCUT2D eigenvalue weighted by atomic mass is 10.1. The van der Waals surface area contributed by atoms with Gasteiger partial charge in [0.2, 0.25) is 11.8 Å². The van der Waals surface area contributed by atoms with Crippen molar-refractivity contribution < 1.29 is 14.7 Å². The largest absolute Gasteiger partial charge is 0.391 e. The summed E-state index contributed by atoms with van der Waals surface area (Å²) in [5, 5.41) is 11.8. The molecule has 0 aromatic carbocycles. The topological polar surface area (TPSA) is 95.7 Å². The summed E-state index contributed by atoms with van der Waals surface area (Å²) in [6, 6.07) is 0. The lowest BCUT2D eigenvalue weighted by Crippen LogP contribution is -2.47. The summed E-state index contributed by atoms with van der Waals surface area (Å²) in [6.07, 6.45) is 1.10. The molecule has 0 aromatic heterocycles. The zero-order valence-corrected chi connectivity index (χ0v) is 8.61. The van der Waals surface area contributed by atoms with Crippen LogP contribution in [0, 0.1) is 0 Å². The number of nitrogens with two attached hydrogens (primary N) is 1. The number of hydrogen-bond donors (Lipinski definition) is 3. The number of piperidine rings is 1. The molecule has 0 saturated carbocycles. The Morgan fingerprint density at radius 1 is 1.53 bits per heavy atom. The smallest absolute Gasteiger partial charge is 0.242 e. The Hall–Kier alpha value is -1.14. The molecule has 6 nitrogen and oxygen atoms in total. The number of aliphatic hydroxyl groups excluding tert-OH is 1. The minimum Gasteiger partial charge on any atom is -0.391 e. The second-order valence-corrected chi connectivity index (χ2v) is 3.62. The molecule has 1 heterocycles. The summed E-state index contributed by atoms with van der Waals surface area (Å²) in [4.78, 5) is 23.9. The zero-order valence-electron chi connectivity index (χ0n) is 8.61. The van der Waals surface area contributed by atoms with Crippen molar-refractivity contribution in [3.05, 3.63) is 0 Å². The summed E-state index contributed by atoms with van der Waals surface area (Å²) < 4.78 is 0. The molecule has 0 aromatic rings. The summed E-state index contributed by atoms with van der Waals surface area (Å²) >= 11 is 0. The number of β-amino-alcohol motifs (C(OH)–C–C–N with tert-alkyl or cyclic N) is 1. The second kappa shape index (κ2) is 5.67. The van der Waals surface area contributed by atoms with Crippen LogP contribution < -0.4 is 11.1 Å². The maximum absolute atomic E-state index is 11.5. The first-order chi connectivity index (χ1) is 7.13. The van der Waals surface area contributed by atoms with Gasteiger partial charge in [0, 0.05) is 13.1 Å². The molecule has 4 N–H and O–H groups in total.